The Balaban J connectivity index is 0.000000108. The van der Waals surface area contributed by atoms with Gasteiger partial charge in [0.25, 0.3) is 0 Å². The van der Waals surface area contributed by atoms with Crippen molar-refractivity contribution in [2.75, 3.05) is 0 Å². The lowest BCUT2D eigenvalue weighted by Crippen LogP contribution is -2.31. The molecule has 3 aliphatic rings. The van der Waals surface area contributed by atoms with Gasteiger partial charge in [-0.15, -0.1) is 0 Å². The first-order chi connectivity index (χ1) is 62.6. The number of aryl methyl sites for hydroxylation is 8. The van der Waals surface area contributed by atoms with Crippen LogP contribution in [0.4, 0.5) is 0 Å². The van der Waals surface area contributed by atoms with E-state index >= 15 is 0 Å². The van der Waals surface area contributed by atoms with Crippen LogP contribution in [0.5, 0.6) is 0 Å². The SMILES string of the molecule is [2H]C([2H])(c1cc[n+](C)c(-c2cc3c(cc2C)oc2nc4ccccc4cc23)c1)C(C)C.[2H]C([2H])(c1cc[n+](C)c(-c2cc3c(cc2C)oc2nc4ccccc4cc23)c1)C1CCCC1.[2H]C([2H])(c1cc[n+](C)c(-c2cc3c(cc2C)oc2nc4ccccc4cc23)c1)C1CCCCC1.[2H]C1(c2cc[n+](C)c(-c3cc4c(cc3C)oc3nc5ccccc5cc34)c2)CCCCC1. The summed E-state index contributed by atoms with van der Waals surface area (Å²) in [5.74, 6) is -0.403. The van der Waals surface area contributed by atoms with Crippen LogP contribution < -0.4 is 18.3 Å². The molecule has 0 spiro atoms. The third-order valence-electron chi connectivity index (χ3n) is 25.8. The number of fused-ring (bicyclic) bond motifs is 16. The fourth-order valence-electron chi connectivity index (χ4n) is 19.1. The molecule has 12 nitrogen and oxygen atoms in total. The zero-order valence-electron chi connectivity index (χ0n) is 78.9. The summed E-state index contributed by atoms with van der Waals surface area (Å²) in [6.45, 7) is 12.2. The van der Waals surface area contributed by atoms with Crippen LogP contribution in [0.15, 0.2) is 261 Å². The summed E-state index contributed by atoms with van der Waals surface area (Å²) in [5.41, 5.74) is 26.0. The number of pyridine rings is 8. The summed E-state index contributed by atoms with van der Waals surface area (Å²) >= 11 is 0. The zero-order valence-corrected chi connectivity index (χ0v) is 71.9. The van der Waals surface area contributed by atoms with Gasteiger partial charge in [-0.1, -0.05) is 164 Å². The molecule has 12 aromatic heterocycles. The van der Waals surface area contributed by atoms with Crippen molar-refractivity contribution in [2.45, 2.75) is 156 Å². The smallest absolute Gasteiger partial charge is 0.227 e. The van der Waals surface area contributed by atoms with Crippen molar-refractivity contribution >= 4 is 132 Å². The molecule has 0 aliphatic heterocycles. The van der Waals surface area contributed by atoms with Crippen molar-refractivity contribution in [3.05, 3.63) is 288 Å². The molecule has 0 unspecified atom stereocenters. The van der Waals surface area contributed by atoms with Gasteiger partial charge in [0.15, 0.2) is 24.8 Å². The molecule has 8 aromatic carbocycles. The molecule has 0 N–H and O–H groups in total. The molecule has 3 fully saturated rings. The van der Waals surface area contributed by atoms with Gasteiger partial charge < -0.3 is 17.7 Å². The number of hydrogen-bond donors (Lipinski definition) is 0. The maximum absolute atomic E-state index is 9.10. The molecule has 12 heteroatoms. The van der Waals surface area contributed by atoms with Crippen molar-refractivity contribution in [1.29, 1.82) is 0 Å². The average molecular weight is 1630 g/mol. The number of benzene rings is 8. The van der Waals surface area contributed by atoms with Gasteiger partial charge in [-0.05, 0) is 225 Å². The van der Waals surface area contributed by atoms with Crippen LogP contribution in [0.1, 0.15) is 164 Å². The van der Waals surface area contributed by atoms with E-state index in [2.05, 4.69) is 170 Å². The summed E-state index contributed by atoms with van der Waals surface area (Å²) in [4.78, 5) is 18.9. The Labute approximate surface area is 728 Å². The highest BCUT2D eigenvalue weighted by Crippen LogP contribution is 2.43. The van der Waals surface area contributed by atoms with Gasteiger partial charge in [-0.2, -0.15) is 0 Å². The van der Waals surface area contributed by atoms with Gasteiger partial charge in [-0.3, -0.25) is 0 Å². The minimum atomic E-state index is -1.40. The van der Waals surface area contributed by atoms with Gasteiger partial charge in [-0.25, -0.2) is 38.2 Å². The Bertz CT molecular complexity index is 7880. The normalized spacial score (nSPS) is 15.8. The molecular weight excluding hydrogens is 1510 g/mol. The van der Waals surface area contributed by atoms with Crippen LogP contribution in [0.2, 0.25) is 0 Å². The molecule has 12 heterocycles. The molecule has 123 heavy (non-hydrogen) atoms. The van der Waals surface area contributed by atoms with Crippen molar-refractivity contribution < 1.29 is 45.5 Å². The summed E-state index contributed by atoms with van der Waals surface area (Å²) in [6, 6.07) is 74.3. The van der Waals surface area contributed by atoms with Crippen LogP contribution in [0.25, 0.3) is 177 Å². The van der Waals surface area contributed by atoms with Crippen LogP contribution >= 0.6 is 0 Å². The van der Waals surface area contributed by atoms with Crippen molar-refractivity contribution in [3.63, 3.8) is 0 Å². The van der Waals surface area contributed by atoms with E-state index in [0.717, 1.165) is 264 Å². The van der Waals surface area contributed by atoms with Gasteiger partial charge in [0.05, 0.1) is 22.1 Å². The van der Waals surface area contributed by atoms with Crippen molar-refractivity contribution in [1.82, 2.24) is 19.9 Å². The lowest BCUT2D eigenvalue weighted by Gasteiger charge is -2.21. The minimum Gasteiger partial charge on any atom is -0.438 e. The Hall–Kier alpha value is -12.8. The minimum absolute atomic E-state index is 0.0857. The van der Waals surface area contributed by atoms with Crippen LogP contribution in [-0.4, -0.2) is 19.9 Å². The predicted octanol–water partition coefficient (Wildman–Crippen LogP) is 26.8. The number of furan rings is 4. The Morgan fingerprint density at radius 3 is 0.943 bits per heavy atom. The van der Waals surface area contributed by atoms with E-state index in [4.69, 9.17) is 47.2 Å². The second kappa shape index (κ2) is 33.2. The first-order valence-electron chi connectivity index (χ1n) is 47.5. The lowest BCUT2D eigenvalue weighted by atomic mass is 9.84. The second-order valence-electron chi connectivity index (χ2n) is 34.9. The predicted molar refractivity (Wildman–Crippen MR) is 502 cm³/mol. The van der Waals surface area contributed by atoms with Crippen molar-refractivity contribution in [2.24, 2.45) is 45.9 Å². The lowest BCUT2D eigenvalue weighted by molar-refractivity contribution is -0.660. The van der Waals surface area contributed by atoms with Gasteiger partial charge in [0.2, 0.25) is 45.6 Å². The van der Waals surface area contributed by atoms with E-state index in [9.17, 15) is 0 Å². The molecule has 3 saturated carbocycles. The highest BCUT2D eigenvalue weighted by molar-refractivity contribution is 6.12. The molecule has 0 radical (unpaired) electrons. The topological polar surface area (TPSA) is 120 Å². The molecule has 0 atom stereocenters. The maximum atomic E-state index is 9.10. The fourth-order valence-corrected chi connectivity index (χ4v) is 19.1. The molecule has 3 aliphatic carbocycles. The van der Waals surface area contributed by atoms with Gasteiger partial charge >= 0.3 is 0 Å². The molecular formula is C111H108N8O4+4. The van der Waals surface area contributed by atoms with E-state index in [0.29, 0.717) is 28.4 Å². The third kappa shape index (κ3) is 15.8. The molecule has 0 amide bonds. The van der Waals surface area contributed by atoms with E-state index in [1.807, 2.05) is 161 Å². The standard InChI is InChI=1S/C29H29N2O.2C28H27N2O.C26H25N2O/c1-19-14-28-24(25-17-22-10-6-7-11-26(22)30-29(25)32-28)18-23(19)27-16-21(12-13-31(27)2)15-20-8-4-3-5-9-20;1-18-13-27-23(24-16-21-9-5-6-10-25(21)29-28(24)31-27)17-22(18)26-15-20(11-12-30(26)2)14-19-7-3-4-8-19;1-18-14-27-23(24-15-21-10-6-7-11-25(21)29-28(24)31-27)17-22(18)26-16-20(12-13-30(26)2)19-8-4-3-5-9-19;1-16(2)11-18-9-10-28(4)24(13-18)20-15-21-22-14-19-7-5-6-8-23(19)27-26(22)29-25(21)12-17(20)3/h6-7,10-14,16-18,20H,3-5,8-9,15H2,1-2H3;5-6,9-13,15-17,19H,3-4,7-8,14H2,1-2H3;6-7,10-17,19H,3-5,8-9H2,1-2H3;5-10,12-16H,11H2,1-4H3/q4*+1/i15D2;14D2;19D;11D2. The Kier molecular flexibility index (Phi) is 19.1. The number of rotatable bonds is 11. The number of nitrogens with zero attached hydrogens (tertiary/aromatic N) is 8. The Morgan fingerprint density at radius 1 is 0.325 bits per heavy atom. The molecule has 612 valence electrons. The number of aromatic nitrogens is 8. The highest BCUT2D eigenvalue weighted by Gasteiger charge is 2.28. The first kappa shape index (κ1) is 70.8. The summed E-state index contributed by atoms with van der Waals surface area (Å²) in [6.07, 6.45) is 19.1. The quantitative estimate of drug-likeness (QED) is 0.117. The largest absolute Gasteiger partial charge is 0.438 e. The summed E-state index contributed by atoms with van der Waals surface area (Å²) in [7, 11) is 8.14. The van der Waals surface area contributed by atoms with E-state index in [-0.39, 0.29) is 17.8 Å². The number of hydrogen-bond acceptors (Lipinski definition) is 8. The third-order valence-corrected chi connectivity index (χ3v) is 25.8. The van der Waals surface area contributed by atoms with Crippen molar-refractivity contribution in [3.8, 4) is 45.0 Å². The molecule has 20 aromatic rings. The summed E-state index contributed by atoms with van der Waals surface area (Å²) < 4.78 is 94.7. The van der Waals surface area contributed by atoms with E-state index < -0.39 is 25.0 Å². The summed E-state index contributed by atoms with van der Waals surface area (Å²) in [5, 5.41) is 12.6. The fraction of sp³-hybridized carbons (Fsp3) is 0.279. The Morgan fingerprint density at radius 2 is 0.610 bits per heavy atom. The average Bonchev–Trinajstić information content (AvgIpc) is 1.66. The monoisotopic (exact) mass is 1620 g/mol. The number of para-hydroxylation sites is 4. The van der Waals surface area contributed by atoms with E-state index in [1.54, 1.807) is 0 Å². The van der Waals surface area contributed by atoms with Gasteiger partial charge in [0, 0.05) is 145 Å². The van der Waals surface area contributed by atoms with E-state index in [1.165, 1.54) is 18.4 Å². The maximum Gasteiger partial charge on any atom is 0.227 e. The van der Waals surface area contributed by atoms with Gasteiger partial charge in [0.1, 0.15) is 50.5 Å². The zero-order chi connectivity index (χ0) is 90.0. The second-order valence-corrected chi connectivity index (χ2v) is 34.9. The highest BCUT2D eigenvalue weighted by atomic mass is 16.4. The van der Waals surface area contributed by atoms with Crippen LogP contribution in [0, 0.1) is 45.4 Å². The molecule has 0 saturated heterocycles. The molecule has 23 rings (SSSR count). The first-order valence-corrected chi connectivity index (χ1v) is 44.0. The van der Waals surface area contributed by atoms with Crippen LogP contribution in [0.3, 0.4) is 0 Å². The van der Waals surface area contributed by atoms with Crippen LogP contribution in [-0.2, 0) is 47.3 Å². The molecule has 0 bridgehead atoms.